The second kappa shape index (κ2) is 11.1. The minimum absolute atomic E-state index is 0. The quantitative estimate of drug-likeness (QED) is 0.290. The lowest BCUT2D eigenvalue weighted by Crippen LogP contribution is -3.00. The summed E-state index contributed by atoms with van der Waals surface area (Å²) in [7, 11) is 1.17. The molecule has 1 amide bonds. The lowest BCUT2D eigenvalue weighted by atomic mass is 9.86. The summed E-state index contributed by atoms with van der Waals surface area (Å²) in [5.74, 6) is -5.61. The van der Waals surface area contributed by atoms with Crippen molar-refractivity contribution in [1.82, 2.24) is 9.88 Å². The van der Waals surface area contributed by atoms with Crippen molar-refractivity contribution in [2.24, 2.45) is 0 Å². The van der Waals surface area contributed by atoms with Crippen LogP contribution in [0.4, 0.5) is 32.2 Å². The molecule has 34 heavy (non-hydrogen) atoms. The van der Waals surface area contributed by atoms with Gasteiger partial charge in [-0.15, -0.1) is 0 Å². The van der Waals surface area contributed by atoms with Crippen LogP contribution in [-0.4, -0.2) is 54.1 Å². The predicted octanol–water partition coefficient (Wildman–Crippen LogP) is 0.127. The standard InChI is InChI=1S/C21H22F6N4O2.HI/c1-13(19(32)29-18-4-3-15(22)11-28-18)30-8-6-20(23,24)17(12-30)14-5-7-31(33-2)16(9-14)10-21(25,26)27;/h3-5,7,9,11,13,17H,6,8,10,12H2,1-2H3;1H/t13-,17+;/m0./s1. The van der Waals surface area contributed by atoms with Gasteiger partial charge in [0.2, 0.25) is 17.8 Å². The molecule has 2 aromatic rings. The minimum Gasteiger partial charge on any atom is -1.00 e. The van der Waals surface area contributed by atoms with E-state index in [-0.39, 0.29) is 54.1 Å². The van der Waals surface area contributed by atoms with Crippen LogP contribution >= 0.6 is 0 Å². The Morgan fingerprint density at radius 1 is 1.35 bits per heavy atom. The number of nitrogens with zero attached hydrogens (tertiary/aromatic N) is 3. The van der Waals surface area contributed by atoms with E-state index in [2.05, 4.69) is 10.3 Å². The maximum atomic E-state index is 14.8. The minimum atomic E-state index is -4.55. The molecule has 0 spiro atoms. The largest absolute Gasteiger partial charge is 1.00 e. The van der Waals surface area contributed by atoms with Crippen LogP contribution in [0.1, 0.15) is 30.5 Å². The zero-order valence-corrected chi connectivity index (χ0v) is 20.4. The van der Waals surface area contributed by atoms with E-state index in [9.17, 15) is 31.1 Å². The Kier molecular flexibility index (Phi) is 9.13. The molecule has 3 heterocycles. The van der Waals surface area contributed by atoms with Gasteiger partial charge in [-0.3, -0.25) is 14.5 Å². The van der Waals surface area contributed by atoms with Crippen molar-refractivity contribution < 1.29 is 64.7 Å². The Hall–Kier alpha value is -2.16. The molecule has 0 saturated carbocycles. The molecular weight excluding hydrogens is 581 g/mol. The van der Waals surface area contributed by atoms with Crippen molar-refractivity contribution in [3.63, 3.8) is 0 Å². The van der Waals surface area contributed by atoms with E-state index in [1.165, 1.54) is 37.3 Å². The van der Waals surface area contributed by atoms with Gasteiger partial charge in [-0.2, -0.15) is 13.2 Å². The maximum absolute atomic E-state index is 14.8. The van der Waals surface area contributed by atoms with Crippen LogP contribution in [0.3, 0.4) is 0 Å². The van der Waals surface area contributed by atoms with Crippen molar-refractivity contribution in [3.8, 4) is 0 Å². The first-order valence-corrected chi connectivity index (χ1v) is 10.1. The molecule has 13 heteroatoms. The molecule has 2 aromatic heterocycles. The zero-order valence-electron chi connectivity index (χ0n) is 18.3. The molecular formula is C21H23F6IN4O2. The number of halogens is 7. The van der Waals surface area contributed by atoms with Gasteiger partial charge in [0.1, 0.15) is 25.2 Å². The first-order chi connectivity index (χ1) is 15.4. The SMILES string of the molecule is CO[n+]1ccc([C@H]2CN([C@@H](C)C(=O)Nc3ccc(F)cn3)CCC2(F)F)cc1CC(F)(F)F.[I-]. The third-order valence-corrected chi connectivity index (χ3v) is 5.56. The highest BCUT2D eigenvalue weighted by Gasteiger charge is 2.47. The van der Waals surface area contributed by atoms with Crippen LogP contribution in [0.25, 0.3) is 0 Å². The summed E-state index contributed by atoms with van der Waals surface area (Å²) >= 11 is 0. The van der Waals surface area contributed by atoms with Crippen LogP contribution in [0.15, 0.2) is 36.7 Å². The summed E-state index contributed by atoms with van der Waals surface area (Å²) in [6.07, 6.45) is -4.38. The number of alkyl halides is 5. The molecule has 0 bridgehead atoms. The number of likely N-dealkylation sites (tertiary alicyclic amines) is 1. The van der Waals surface area contributed by atoms with Gasteiger partial charge in [0.15, 0.2) is 0 Å². The van der Waals surface area contributed by atoms with Gasteiger partial charge in [0.25, 0.3) is 5.92 Å². The molecule has 6 nitrogen and oxygen atoms in total. The smallest absolute Gasteiger partial charge is 0.399 e. The molecule has 0 radical (unpaired) electrons. The fourth-order valence-electron chi connectivity index (χ4n) is 3.76. The van der Waals surface area contributed by atoms with Gasteiger partial charge in [-0.05, 0) is 24.6 Å². The molecule has 0 aromatic carbocycles. The predicted molar refractivity (Wildman–Crippen MR) is 105 cm³/mol. The molecule has 1 saturated heterocycles. The second-order valence-electron chi connectivity index (χ2n) is 7.84. The van der Waals surface area contributed by atoms with Crippen LogP contribution in [0, 0.1) is 5.82 Å². The average Bonchev–Trinajstić information content (AvgIpc) is 2.73. The maximum Gasteiger partial charge on any atom is 0.399 e. The third-order valence-electron chi connectivity index (χ3n) is 5.56. The van der Waals surface area contributed by atoms with Crippen molar-refractivity contribution in [2.75, 3.05) is 25.5 Å². The Labute approximate surface area is 209 Å². The molecule has 1 aliphatic rings. The first-order valence-electron chi connectivity index (χ1n) is 10.1. The summed E-state index contributed by atoms with van der Waals surface area (Å²) in [4.78, 5) is 22.7. The highest BCUT2D eigenvalue weighted by Crippen LogP contribution is 2.41. The van der Waals surface area contributed by atoms with Gasteiger partial charge in [-0.1, -0.05) is 0 Å². The Morgan fingerprint density at radius 2 is 2.06 bits per heavy atom. The second-order valence-corrected chi connectivity index (χ2v) is 7.84. The van der Waals surface area contributed by atoms with E-state index in [0.29, 0.717) is 0 Å². The highest BCUT2D eigenvalue weighted by atomic mass is 127. The monoisotopic (exact) mass is 604 g/mol. The molecule has 3 rings (SSSR count). The summed E-state index contributed by atoms with van der Waals surface area (Å²) in [5, 5.41) is 2.50. The third kappa shape index (κ3) is 6.93. The summed E-state index contributed by atoms with van der Waals surface area (Å²) in [5.41, 5.74) is -0.298. The molecule has 1 N–H and O–H groups in total. The lowest BCUT2D eigenvalue weighted by molar-refractivity contribution is -0.891. The lowest BCUT2D eigenvalue weighted by Gasteiger charge is -2.40. The molecule has 1 aliphatic heterocycles. The number of piperidine rings is 1. The Morgan fingerprint density at radius 3 is 2.65 bits per heavy atom. The number of aromatic nitrogens is 2. The van der Waals surface area contributed by atoms with E-state index in [1.54, 1.807) is 0 Å². The molecule has 0 aliphatic carbocycles. The van der Waals surface area contributed by atoms with E-state index in [0.717, 1.165) is 23.1 Å². The topological polar surface area (TPSA) is 58.3 Å². The van der Waals surface area contributed by atoms with Gasteiger partial charge >= 0.3 is 6.18 Å². The fraction of sp³-hybridized carbons (Fsp3) is 0.476. The average molecular weight is 604 g/mol. The number of hydrogen-bond donors (Lipinski definition) is 1. The number of nitrogens with one attached hydrogen (secondary N) is 1. The number of amides is 1. The Bertz CT molecular complexity index is 990. The zero-order chi connectivity index (χ0) is 24.4. The molecule has 0 unspecified atom stereocenters. The van der Waals surface area contributed by atoms with Crippen molar-refractivity contribution in [2.45, 2.75) is 43.8 Å². The van der Waals surface area contributed by atoms with Crippen molar-refractivity contribution in [3.05, 3.63) is 53.7 Å². The van der Waals surface area contributed by atoms with E-state index in [4.69, 9.17) is 4.84 Å². The summed E-state index contributed by atoms with van der Waals surface area (Å²) < 4.78 is 82.3. The number of rotatable bonds is 6. The Balaban J connectivity index is 0.00000408. The first kappa shape index (κ1) is 28.1. The van der Waals surface area contributed by atoms with Gasteiger partial charge < -0.3 is 29.3 Å². The van der Waals surface area contributed by atoms with Gasteiger partial charge in [-0.25, -0.2) is 18.2 Å². The van der Waals surface area contributed by atoms with Gasteiger partial charge in [0, 0.05) is 36.4 Å². The number of pyridine rings is 2. The van der Waals surface area contributed by atoms with Crippen LogP contribution in [0.5, 0.6) is 0 Å². The fourth-order valence-corrected chi connectivity index (χ4v) is 3.76. The highest BCUT2D eigenvalue weighted by molar-refractivity contribution is 5.93. The number of carbonyl (C=O) groups is 1. The van der Waals surface area contributed by atoms with Crippen molar-refractivity contribution >= 4 is 11.7 Å². The van der Waals surface area contributed by atoms with E-state index >= 15 is 0 Å². The van der Waals surface area contributed by atoms with Crippen LogP contribution in [0.2, 0.25) is 0 Å². The number of hydrogen-bond acceptors (Lipinski definition) is 4. The normalized spacial score (nSPS) is 19.1. The van der Waals surface area contributed by atoms with E-state index < -0.39 is 48.6 Å². The summed E-state index contributed by atoms with van der Waals surface area (Å²) in [6, 6.07) is 3.90. The summed E-state index contributed by atoms with van der Waals surface area (Å²) in [6.45, 7) is 1.19. The number of carbonyl (C=O) groups excluding carboxylic acids is 1. The van der Waals surface area contributed by atoms with Crippen molar-refractivity contribution in [1.29, 1.82) is 0 Å². The van der Waals surface area contributed by atoms with Crippen LogP contribution in [-0.2, 0) is 11.2 Å². The molecule has 1 fully saturated rings. The van der Waals surface area contributed by atoms with Crippen LogP contribution < -0.4 is 38.9 Å². The molecule has 2 atom stereocenters. The van der Waals surface area contributed by atoms with E-state index in [1.807, 2.05) is 0 Å². The molecule has 188 valence electrons. The number of anilines is 1. The van der Waals surface area contributed by atoms with Gasteiger partial charge in [0.05, 0.1) is 18.2 Å².